The second kappa shape index (κ2) is 11.1. The lowest BCUT2D eigenvalue weighted by molar-refractivity contribution is -0.614. The predicted octanol–water partition coefficient (Wildman–Crippen LogP) is 5.53. The van der Waals surface area contributed by atoms with Crippen LogP contribution in [0.5, 0.6) is 0 Å². The third-order valence-electron chi connectivity index (χ3n) is 7.11. The number of hydrogen-bond donors (Lipinski definition) is 1. The minimum Gasteiger partial charge on any atom is -0.618 e. The predicted molar refractivity (Wildman–Crippen MR) is 155 cm³/mol. The lowest BCUT2D eigenvalue weighted by atomic mass is 9.87. The van der Waals surface area contributed by atoms with Crippen LogP contribution in [0.2, 0.25) is 5.02 Å². The van der Waals surface area contributed by atoms with Crippen LogP contribution in [0, 0.1) is 5.21 Å². The van der Waals surface area contributed by atoms with Crippen molar-refractivity contribution in [3.8, 4) is 16.8 Å². The molecule has 5 aromatic rings. The smallest absolute Gasteiger partial charge is 0.335 e. The number of aromatic carboxylic acids is 1. The first kappa shape index (κ1) is 26.1. The van der Waals surface area contributed by atoms with Gasteiger partial charge in [0.05, 0.1) is 17.2 Å². The summed E-state index contributed by atoms with van der Waals surface area (Å²) in [5.74, 6) is -1.25. The van der Waals surface area contributed by atoms with E-state index in [1.807, 2.05) is 42.5 Å². The first-order chi connectivity index (χ1) is 20.0. The van der Waals surface area contributed by atoms with Crippen molar-refractivity contribution < 1.29 is 14.6 Å². The van der Waals surface area contributed by atoms with Gasteiger partial charge in [-0.15, -0.1) is 5.10 Å². The lowest BCUT2D eigenvalue weighted by Crippen LogP contribution is -2.36. The second-order valence-electron chi connectivity index (χ2n) is 9.66. The van der Waals surface area contributed by atoms with Gasteiger partial charge in [-0.25, -0.2) is 4.79 Å². The fourth-order valence-electron chi connectivity index (χ4n) is 5.04. The van der Waals surface area contributed by atoms with Crippen LogP contribution < -0.4 is 4.73 Å². The SMILES string of the molecule is O=C(O)c1ccc(C2=CN=C(C(Cc3ccccc3)c3ccc(-c4cc(Cl)ccc4-n4cnnn4)c[n+]3[O-])C2)cc1. The van der Waals surface area contributed by atoms with Crippen molar-refractivity contribution in [3.05, 3.63) is 136 Å². The van der Waals surface area contributed by atoms with Crippen LogP contribution in [0.4, 0.5) is 0 Å². The van der Waals surface area contributed by atoms with Crippen molar-refractivity contribution in [2.45, 2.75) is 18.8 Å². The van der Waals surface area contributed by atoms with Gasteiger partial charge in [-0.2, -0.15) is 9.41 Å². The Labute approximate surface area is 240 Å². The molecule has 10 heteroatoms. The summed E-state index contributed by atoms with van der Waals surface area (Å²) in [5.41, 5.74) is 6.68. The minimum atomic E-state index is -0.969. The van der Waals surface area contributed by atoms with E-state index in [1.165, 1.54) is 11.0 Å². The molecule has 6 rings (SSSR count). The zero-order valence-electron chi connectivity index (χ0n) is 21.6. The summed E-state index contributed by atoms with van der Waals surface area (Å²) in [4.78, 5) is 16.0. The number of pyridine rings is 1. The molecule has 0 saturated carbocycles. The molecule has 2 aromatic heterocycles. The topological polar surface area (TPSA) is 120 Å². The number of aliphatic imine (C=N–C) groups is 1. The molecule has 1 N–H and O–H groups in total. The van der Waals surface area contributed by atoms with E-state index in [2.05, 4.69) is 15.5 Å². The summed E-state index contributed by atoms with van der Waals surface area (Å²) in [6, 6.07) is 25.8. The molecule has 0 saturated heterocycles. The molecule has 202 valence electrons. The third-order valence-corrected chi connectivity index (χ3v) is 7.35. The van der Waals surface area contributed by atoms with Crippen molar-refractivity contribution in [3.63, 3.8) is 0 Å². The van der Waals surface area contributed by atoms with Gasteiger partial charge in [0.15, 0.2) is 6.20 Å². The van der Waals surface area contributed by atoms with Gasteiger partial charge in [0.1, 0.15) is 6.33 Å². The van der Waals surface area contributed by atoms with Crippen LogP contribution in [0.3, 0.4) is 0 Å². The number of rotatable bonds is 8. The molecule has 1 aliphatic heterocycles. The number of aromatic nitrogens is 5. The van der Waals surface area contributed by atoms with Crippen molar-refractivity contribution in [1.82, 2.24) is 20.2 Å². The second-order valence-corrected chi connectivity index (χ2v) is 10.1. The van der Waals surface area contributed by atoms with Crippen molar-refractivity contribution in [2.24, 2.45) is 4.99 Å². The number of carboxylic acids is 1. The third kappa shape index (κ3) is 5.48. The molecule has 9 nitrogen and oxygen atoms in total. The van der Waals surface area contributed by atoms with Gasteiger partial charge in [0.2, 0.25) is 5.69 Å². The van der Waals surface area contributed by atoms with Gasteiger partial charge in [-0.05, 0) is 69.9 Å². The first-order valence-corrected chi connectivity index (χ1v) is 13.2. The van der Waals surface area contributed by atoms with E-state index < -0.39 is 5.97 Å². The fourth-order valence-corrected chi connectivity index (χ4v) is 5.21. The number of halogens is 1. The van der Waals surface area contributed by atoms with Crippen LogP contribution in [-0.2, 0) is 6.42 Å². The molecule has 0 spiro atoms. The molecule has 1 unspecified atom stereocenters. The maximum Gasteiger partial charge on any atom is 0.335 e. The summed E-state index contributed by atoms with van der Waals surface area (Å²) in [6.45, 7) is 0. The fraction of sp³-hybridized carbons (Fsp3) is 0.0968. The summed E-state index contributed by atoms with van der Waals surface area (Å²) in [5, 5.41) is 34.8. The zero-order valence-corrected chi connectivity index (χ0v) is 22.4. The standard InChI is InChI=1S/C31H23ClN6O3/c32-25-11-13-29(37-19-34-35-36-37)26(16-25)23-10-12-30(38(41)18-23)27(14-20-4-2-1-3-5-20)28-15-24(17-33-28)21-6-8-22(9-7-21)31(39)40/h1-13,16-19,27H,14-15H2,(H,39,40). The van der Waals surface area contributed by atoms with E-state index >= 15 is 0 Å². The van der Waals surface area contributed by atoms with Gasteiger partial charge >= 0.3 is 5.97 Å². The van der Waals surface area contributed by atoms with E-state index in [0.717, 1.165) is 27.1 Å². The number of tetrazole rings is 1. The van der Waals surface area contributed by atoms with Gasteiger partial charge in [0, 0.05) is 40.5 Å². The molecule has 3 aromatic carbocycles. The van der Waals surface area contributed by atoms with Crippen LogP contribution in [0.1, 0.15) is 39.5 Å². The molecule has 0 aliphatic carbocycles. The van der Waals surface area contributed by atoms with Crippen LogP contribution in [0.15, 0.2) is 109 Å². The monoisotopic (exact) mass is 562 g/mol. The van der Waals surface area contributed by atoms with Crippen LogP contribution in [-0.4, -0.2) is 37.0 Å². The molecular weight excluding hydrogens is 540 g/mol. The van der Waals surface area contributed by atoms with E-state index in [0.29, 0.717) is 40.4 Å². The van der Waals surface area contributed by atoms with Gasteiger partial charge in [-0.1, -0.05) is 54.1 Å². The number of allylic oxidation sites excluding steroid dienone is 1. The Morgan fingerprint density at radius 1 is 1.02 bits per heavy atom. The summed E-state index contributed by atoms with van der Waals surface area (Å²) < 4.78 is 2.42. The molecule has 41 heavy (non-hydrogen) atoms. The maximum atomic E-state index is 13.6. The Morgan fingerprint density at radius 2 is 1.80 bits per heavy atom. The number of carbonyl (C=O) groups is 1. The normalized spacial score (nSPS) is 13.5. The number of carboxylic acid groups (broad SMARTS) is 1. The van der Waals surface area contributed by atoms with Crippen molar-refractivity contribution in [2.75, 3.05) is 0 Å². The highest BCUT2D eigenvalue weighted by Crippen LogP contribution is 2.33. The quantitative estimate of drug-likeness (QED) is 0.196. The zero-order chi connectivity index (χ0) is 28.3. The van der Waals surface area contributed by atoms with E-state index in [4.69, 9.17) is 16.6 Å². The minimum absolute atomic E-state index is 0.228. The number of hydrogen-bond acceptors (Lipinski definition) is 6. The van der Waals surface area contributed by atoms with Crippen molar-refractivity contribution >= 4 is 28.9 Å². The largest absolute Gasteiger partial charge is 0.618 e. The molecule has 0 fully saturated rings. The van der Waals surface area contributed by atoms with Gasteiger partial charge in [0.25, 0.3) is 0 Å². The highest BCUT2D eigenvalue weighted by molar-refractivity contribution is 6.31. The average Bonchev–Trinajstić information content (AvgIpc) is 3.70. The van der Waals surface area contributed by atoms with Gasteiger partial charge < -0.3 is 10.3 Å². The van der Waals surface area contributed by atoms with Crippen molar-refractivity contribution in [1.29, 1.82) is 0 Å². The number of nitrogens with zero attached hydrogens (tertiary/aromatic N) is 6. The molecule has 1 aliphatic rings. The van der Waals surface area contributed by atoms with Gasteiger partial charge in [-0.3, -0.25) is 4.99 Å². The Bertz CT molecular complexity index is 1790. The molecule has 0 radical (unpaired) electrons. The maximum absolute atomic E-state index is 13.6. The highest BCUT2D eigenvalue weighted by atomic mass is 35.5. The molecule has 3 heterocycles. The van der Waals surface area contributed by atoms with Crippen LogP contribution in [0.25, 0.3) is 22.4 Å². The summed E-state index contributed by atoms with van der Waals surface area (Å²) >= 11 is 6.32. The number of benzene rings is 3. The van der Waals surface area contributed by atoms with E-state index in [1.54, 1.807) is 54.9 Å². The van der Waals surface area contributed by atoms with Crippen LogP contribution >= 0.6 is 11.6 Å². The summed E-state index contributed by atoms with van der Waals surface area (Å²) in [6.07, 6.45) is 5.97. The lowest BCUT2D eigenvalue weighted by Gasteiger charge is -2.19. The Balaban J connectivity index is 1.33. The highest BCUT2D eigenvalue weighted by Gasteiger charge is 2.29. The Hall–Kier alpha value is -5.15. The van der Waals surface area contributed by atoms with E-state index in [-0.39, 0.29) is 11.5 Å². The molecular formula is C31H23ClN6O3. The molecule has 0 amide bonds. The first-order valence-electron chi connectivity index (χ1n) is 12.9. The summed E-state index contributed by atoms with van der Waals surface area (Å²) in [7, 11) is 0. The Kier molecular flexibility index (Phi) is 7.09. The Morgan fingerprint density at radius 3 is 2.51 bits per heavy atom. The molecule has 1 atom stereocenters. The molecule has 0 bridgehead atoms. The van der Waals surface area contributed by atoms with E-state index in [9.17, 15) is 15.1 Å². The average molecular weight is 563 g/mol.